The van der Waals surface area contributed by atoms with Gasteiger partial charge in [-0.3, -0.25) is 9.36 Å². The van der Waals surface area contributed by atoms with Crippen molar-refractivity contribution in [3.8, 4) is 0 Å². The van der Waals surface area contributed by atoms with Crippen LogP contribution in [0.15, 0.2) is 27.8 Å². The van der Waals surface area contributed by atoms with E-state index >= 15 is 0 Å². The summed E-state index contributed by atoms with van der Waals surface area (Å²) in [4.78, 5) is 23.5. The number of fused-ring (bicyclic) bond motifs is 1. The Bertz CT molecular complexity index is 672. The highest BCUT2D eigenvalue weighted by molar-refractivity contribution is 5.77. The van der Waals surface area contributed by atoms with Crippen LogP contribution < -0.4 is 17.0 Å². The van der Waals surface area contributed by atoms with E-state index in [9.17, 15) is 14.0 Å². The highest BCUT2D eigenvalue weighted by atomic mass is 19.1. The summed E-state index contributed by atoms with van der Waals surface area (Å²) < 4.78 is 15.1. The minimum atomic E-state index is -0.569. The summed E-state index contributed by atoms with van der Waals surface area (Å²) >= 11 is 0. The van der Waals surface area contributed by atoms with Crippen LogP contribution in [0.1, 0.15) is 0 Å². The molecule has 2 aromatic rings. The third-order valence-corrected chi connectivity index (χ3v) is 2.50. The Morgan fingerprint density at radius 1 is 1.38 bits per heavy atom. The maximum absolute atomic E-state index is 13.0. The van der Waals surface area contributed by atoms with Gasteiger partial charge < -0.3 is 5.73 Å². The molecule has 0 aliphatic carbocycles. The molecule has 0 amide bonds. The van der Waals surface area contributed by atoms with Crippen molar-refractivity contribution < 1.29 is 4.39 Å². The molecule has 0 saturated heterocycles. The molecule has 1 heterocycles. The summed E-state index contributed by atoms with van der Waals surface area (Å²) in [6.45, 7) is -0.224. The summed E-state index contributed by atoms with van der Waals surface area (Å²) in [5.74, 6) is -0.521. The van der Waals surface area contributed by atoms with E-state index in [1.165, 1.54) is 23.7 Å². The number of nitrogens with zero attached hydrogens (tertiary/aromatic N) is 2. The van der Waals surface area contributed by atoms with Gasteiger partial charge in [0.1, 0.15) is 5.82 Å². The maximum Gasteiger partial charge on any atom is 0.332 e. The molecule has 0 aliphatic rings. The first-order valence-corrected chi connectivity index (χ1v) is 4.65. The zero-order valence-electron chi connectivity index (χ0n) is 8.61. The third-order valence-electron chi connectivity index (χ3n) is 2.50. The molecule has 16 heavy (non-hydrogen) atoms. The van der Waals surface area contributed by atoms with E-state index in [0.29, 0.717) is 5.52 Å². The van der Waals surface area contributed by atoms with Crippen LogP contribution in [0.3, 0.4) is 0 Å². The van der Waals surface area contributed by atoms with Gasteiger partial charge in [-0.1, -0.05) is 0 Å². The fourth-order valence-corrected chi connectivity index (χ4v) is 1.65. The first-order chi connectivity index (χ1) is 7.56. The first-order valence-electron chi connectivity index (χ1n) is 4.65. The number of aryl methyl sites for hydroxylation is 1. The molecule has 0 aliphatic heterocycles. The van der Waals surface area contributed by atoms with Gasteiger partial charge in [-0.15, -0.1) is 0 Å². The minimum Gasteiger partial charge on any atom is -0.313 e. The van der Waals surface area contributed by atoms with Crippen molar-refractivity contribution in [1.29, 1.82) is 0 Å². The van der Waals surface area contributed by atoms with Gasteiger partial charge in [-0.05, 0) is 18.2 Å². The molecule has 1 aromatic heterocycles. The summed E-state index contributed by atoms with van der Waals surface area (Å²) in [5, 5.41) is 0.146. The van der Waals surface area contributed by atoms with Gasteiger partial charge in [0.05, 0.1) is 17.6 Å². The second-order valence-corrected chi connectivity index (χ2v) is 3.42. The van der Waals surface area contributed by atoms with Crippen LogP contribution in [0, 0.1) is 5.82 Å². The molecule has 0 fully saturated rings. The zero-order chi connectivity index (χ0) is 11.9. The predicted molar refractivity (Wildman–Crippen MR) is 57.6 cm³/mol. The highest BCUT2D eigenvalue weighted by Gasteiger charge is 2.09. The lowest BCUT2D eigenvalue weighted by Crippen LogP contribution is -2.41. The Hall–Kier alpha value is -1.95. The quantitative estimate of drug-likeness (QED) is 0.725. The first kappa shape index (κ1) is 10.6. The van der Waals surface area contributed by atoms with Gasteiger partial charge >= 0.3 is 5.69 Å². The number of halogens is 1. The molecule has 84 valence electrons. The second-order valence-electron chi connectivity index (χ2n) is 3.42. The van der Waals surface area contributed by atoms with Crippen LogP contribution in [0.25, 0.3) is 10.9 Å². The van der Waals surface area contributed by atoms with Crippen molar-refractivity contribution in [2.45, 2.75) is 6.67 Å². The van der Waals surface area contributed by atoms with E-state index in [4.69, 9.17) is 5.73 Å². The normalized spacial score (nSPS) is 10.9. The number of hydrogen-bond donors (Lipinski definition) is 1. The van der Waals surface area contributed by atoms with E-state index in [2.05, 4.69) is 0 Å². The molecule has 6 heteroatoms. The maximum atomic E-state index is 13.0. The van der Waals surface area contributed by atoms with Crippen molar-refractivity contribution in [3.05, 3.63) is 44.9 Å². The molecular formula is C10H10FN3O2. The van der Waals surface area contributed by atoms with E-state index < -0.39 is 17.1 Å². The van der Waals surface area contributed by atoms with Crippen molar-refractivity contribution in [1.82, 2.24) is 9.13 Å². The van der Waals surface area contributed by atoms with E-state index in [1.54, 1.807) is 0 Å². The molecule has 0 spiro atoms. The fraction of sp³-hybridized carbons (Fsp3) is 0.200. The standard InChI is InChI=1S/C10H10FN3O2/c1-13-8-3-2-6(11)4-7(8)9(15)14(5-12)10(13)16/h2-4H,5,12H2,1H3. The Morgan fingerprint density at radius 2 is 2.06 bits per heavy atom. The number of nitrogens with two attached hydrogens (primary N) is 1. The van der Waals surface area contributed by atoms with Gasteiger partial charge in [0.15, 0.2) is 0 Å². The third kappa shape index (κ3) is 1.35. The SMILES string of the molecule is Cn1c(=O)n(CN)c(=O)c2cc(F)ccc21. The summed E-state index contributed by atoms with van der Waals surface area (Å²) in [5.41, 5.74) is 4.62. The smallest absolute Gasteiger partial charge is 0.313 e. The average Bonchev–Trinajstić information content (AvgIpc) is 2.27. The number of rotatable bonds is 1. The van der Waals surface area contributed by atoms with Gasteiger partial charge in [0.2, 0.25) is 0 Å². The lowest BCUT2D eigenvalue weighted by molar-refractivity contribution is 0.615. The molecule has 0 bridgehead atoms. The second kappa shape index (κ2) is 3.57. The molecule has 0 unspecified atom stereocenters. The van der Waals surface area contributed by atoms with Gasteiger partial charge in [-0.25, -0.2) is 13.8 Å². The molecule has 0 saturated carbocycles. The van der Waals surface area contributed by atoms with Gasteiger partial charge in [-0.2, -0.15) is 0 Å². The van der Waals surface area contributed by atoms with Crippen LogP contribution in [-0.2, 0) is 13.7 Å². The Labute approximate surface area is 89.5 Å². The summed E-state index contributed by atoms with van der Waals surface area (Å²) in [7, 11) is 1.51. The number of aromatic nitrogens is 2. The van der Waals surface area contributed by atoms with Crippen molar-refractivity contribution in [2.24, 2.45) is 12.8 Å². The Morgan fingerprint density at radius 3 is 2.69 bits per heavy atom. The Kier molecular flexibility index (Phi) is 2.35. The highest BCUT2D eigenvalue weighted by Crippen LogP contribution is 2.08. The fourth-order valence-electron chi connectivity index (χ4n) is 1.65. The van der Waals surface area contributed by atoms with Crippen LogP contribution in [0.5, 0.6) is 0 Å². The van der Waals surface area contributed by atoms with E-state index in [0.717, 1.165) is 10.6 Å². The molecule has 5 nitrogen and oxygen atoms in total. The lowest BCUT2D eigenvalue weighted by atomic mass is 10.2. The van der Waals surface area contributed by atoms with Crippen molar-refractivity contribution >= 4 is 10.9 Å². The molecular weight excluding hydrogens is 213 g/mol. The van der Waals surface area contributed by atoms with Crippen LogP contribution >= 0.6 is 0 Å². The molecule has 0 radical (unpaired) electrons. The monoisotopic (exact) mass is 223 g/mol. The topological polar surface area (TPSA) is 70.0 Å². The number of benzene rings is 1. The largest absolute Gasteiger partial charge is 0.332 e. The van der Waals surface area contributed by atoms with E-state index in [-0.39, 0.29) is 12.1 Å². The van der Waals surface area contributed by atoms with Crippen LogP contribution in [0.4, 0.5) is 4.39 Å². The summed E-state index contributed by atoms with van der Waals surface area (Å²) in [6.07, 6.45) is 0. The molecule has 2 rings (SSSR count). The lowest BCUT2D eigenvalue weighted by Gasteiger charge is -2.08. The molecule has 0 atom stereocenters. The van der Waals surface area contributed by atoms with Crippen molar-refractivity contribution in [2.75, 3.05) is 0 Å². The molecule has 1 aromatic carbocycles. The van der Waals surface area contributed by atoms with Gasteiger partial charge in [0.25, 0.3) is 5.56 Å². The zero-order valence-corrected chi connectivity index (χ0v) is 8.61. The number of hydrogen-bond acceptors (Lipinski definition) is 3. The Balaban J connectivity index is 3.09. The predicted octanol–water partition coefficient (Wildman–Crippen LogP) is -0.245. The van der Waals surface area contributed by atoms with Crippen LogP contribution in [-0.4, -0.2) is 9.13 Å². The summed E-state index contributed by atoms with van der Waals surface area (Å²) in [6, 6.07) is 3.70. The van der Waals surface area contributed by atoms with Gasteiger partial charge in [0, 0.05) is 7.05 Å². The average molecular weight is 223 g/mol. The van der Waals surface area contributed by atoms with Crippen LogP contribution in [0.2, 0.25) is 0 Å². The van der Waals surface area contributed by atoms with E-state index in [1.807, 2.05) is 0 Å². The molecule has 2 N–H and O–H groups in total. The minimum absolute atomic E-state index is 0.146. The van der Waals surface area contributed by atoms with Crippen molar-refractivity contribution in [3.63, 3.8) is 0 Å².